The van der Waals surface area contributed by atoms with Gasteiger partial charge in [-0.25, -0.2) is 4.98 Å². The van der Waals surface area contributed by atoms with E-state index in [9.17, 15) is 4.79 Å². The van der Waals surface area contributed by atoms with Crippen molar-refractivity contribution in [3.8, 4) is 11.1 Å². The fourth-order valence-corrected chi connectivity index (χ4v) is 3.65. The number of hydrogen-bond donors (Lipinski definition) is 1. The van der Waals surface area contributed by atoms with Gasteiger partial charge in [0.15, 0.2) is 0 Å². The van der Waals surface area contributed by atoms with E-state index in [-0.39, 0.29) is 11.8 Å². The number of piperidine rings is 1. The van der Waals surface area contributed by atoms with Gasteiger partial charge in [-0.3, -0.25) is 9.89 Å². The van der Waals surface area contributed by atoms with E-state index in [0.717, 1.165) is 37.2 Å². The molecule has 1 aliphatic heterocycles. The Labute approximate surface area is 152 Å². The van der Waals surface area contributed by atoms with Crippen LogP contribution in [-0.2, 0) is 11.3 Å². The Morgan fingerprint density at radius 2 is 2.15 bits per heavy atom. The number of hydrogen-bond acceptors (Lipinski definition) is 3. The van der Waals surface area contributed by atoms with Crippen molar-refractivity contribution in [2.75, 3.05) is 13.1 Å². The highest BCUT2D eigenvalue weighted by molar-refractivity contribution is 5.76. The highest BCUT2D eigenvalue weighted by Gasteiger charge is 2.27. The number of H-pyrrole nitrogens is 1. The van der Waals surface area contributed by atoms with Crippen molar-refractivity contribution < 1.29 is 4.79 Å². The molecule has 2 aromatic heterocycles. The van der Waals surface area contributed by atoms with E-state index in [4.69, 9.17) is 0 Å². The number of likely N-dealkylation sites (tertiary alicyclic amines) is 1. The number of carbonyl (C=O) groups is 1. The minimum Gasteiger partial charge on any atom is -0.340 e. The minimum absolute atomic E-state index is 0.143. The number of nitrogens with one attached hydrogen (secondary N) is 1. The summed E-state index contributed by atoms with van der Waals surface area (Å²) in [5, 5.41) is 7.48. The molecule has 6 nitrogen and oxygen atoms in total. The van der Waals surface area contributed by atoms with Crippen molar-refractivity contribution >= 4 is 5.91 Å². The van der Waals surface area contributed by atoms with Crippen molar-refractivity contribution in [1.29, 1.82) is 0 Å². The third-order valence-corrected chi connectivity index (χ3v) is 5.09. The number of aryl methyl sites for hydroxylation is 1. The summed E-state index contributed by atoms with van der Waals surface area (Å²) < 4.78 is 1.82. The van der Waals surface area contributed by atoms with E-state index in [1.807, 2.05) is 21.9 Å². The molecule has 0 unspecified atom stereocenters. The van der Waals surface area contributed by atoms with Crippen LogP contribution in [0.25, 0.3) is 11.1 Å². The van der Waals surface area contributed by atoms with Crippen molar-refractivity contribution in [2.24, 2.45) is 0 Å². The third kappa shape index (κ3) is 3.40. The molecule has 0 bridgehead atoms. The van der Waals surface area contributed by atoms with E-state index in [1.165, 1.54) is 11.1 Å². The lowest BCUT2D eigenvalue weighted by Gasteiger charge is -2.33. The molecule has 0 saturated carbocycles. The number of rotatable bonds is 4. The van der Waals surface area contributed by atoms with Crippen LogP contribution in [0.2, 0.25) is 0 Å². The molecule has 1 saturated heterocycles. The maximum atomic E-state index is 12.6. The molecule has 3 heterocycles. The molecule has 26 heavy (non-hydrogen) atoms. The highest BCUT2D eigenvalue weighted by Crippen LogP contribution is 2.33. The fraction of sp³-hybridized carbons (Fsp3) is 0.350. The summed E-state index contributed by atoms with van der Waals surface area (Å²) in [6.07, 6.45) is 9.17. The van der Waals surface area contributed by atoms with Crippen LogP contribution in [0.4, 0.5) is 0 Å². The second kappa shape index (κ2) is 7.15. The molecular formula is C20H23N5O. The first kappa shape index (κ1) is 16.6. The number of amides is 1. The molecule has 1 fully saturated rings. The topological polar surface area (TPSA) is 66.8 Å². The number of aromatic nitrogens is 4. The van der Waals surface area contributed by atoms with Crippen molar-refractivity contribution in [2.45, 2.75) is 32.2 Å². The molecule has 1 aromatic carbocycles. The summed E-state index contributed by atoms with van der Waals surface area (Å²) in [7, 11) is 0. The summed E-state index contributed by atoms with van der Waals surface area (Å²) in [4.78, 5) is 18.6. The van der Waals surface area contributed by atoms with E-state index in [1.54, 1.807) is 12.5 Å². The molecule has 0 aliphatic carbocycles. The zero-order chi connectivity index (χ0) is 17.9. The highest BCUT2D eigenvalue weighted by atomic mass is 16.2. The van der Waals surface area contributed by atoms with Gasteiger partial charge in [0.1, 0.15) is 6.54 Å². The van der Waals surface area contributed by atoms with Gasteiger partial charge in [0.2, 0.25) is 5.91 Å². The smallest absolute Gasteiger partial charge is 0.242 e. The molecule has 0 spiro atoms. The maximum Gasteiger partial charge on any atom is 0.242 e. The molecular weight excluding hydrogens is 326 g/mol. The van der Waals surface area contributed by atoms with Crippen LogP contribution in [0, 0.1) is 6.92 Å². The number of imidazole rings is 1. The zero-order valence-electron chi connectivity index (χ0n) is 14.9. The summed E-state index contributed by atoms with van der Waals surface area (Å²) in [6.45, 7) is 3.98. The molecule has 1 aliphatic rings. The number of benzene rings is 1. The SMILES string of the molecule is Cc1ccc(-c2cn[nH]c2[C@H]2CCCN(C(=O)Cn3ccnc3)C2)cc1. The van der Waals surface area contributed by atoms with Crippen molar-refractivity contribution in [3.63, 3.8) is 0 Å². The van der Waals surface area contributed by atoms with E-state index in [2.05, 4.69) is 46.4 Å². The second-order valence-electron chi connectivity index (χ2n) is 6.98. The number of carbonyl (C=O) groups excluding carboxylic acids is 1. The normalized spacial score (nSPS) is 17.4. The second-order valence-corrected chi connectivity index (χ2v) is 6.98. The monoisotopic (exact) mass is 349 g/mol. The average molecular weight is 349 g/mol. The summed E-state index contributed by atoms with van der Waals surface area (Å²) >= 11 is 0. The summed E-state index contributed by atoms with van der Waals surface area (Å²) in [5.74, 6) is 0.429. The first-order chi connectivity index (χ1) is 12.7. The first-order valence-electron chi connectivity index (χ1n) is 9.04. The molecule has 4 rings (SSSR count). The van der Waals surface area contributed by atoms with Crippen LogP contribution in [0.15, 0.2) is 49.2 Å². The Kier molecular flexibility index (Phi) is 4.56. The third-order valence-electron chi connectivity index (χ3n) is 5.09. The Morgan fingerprint density at radius 3 is 2.92 bits per heavy atom. The van der Waals surface area contributed by atoms with Gasteiger partial charge >= 0.3 is 0 Å². The summed E-state index contributed by atoms with van der Waals surface area (Å²) in [5.41, 5.74) is 4.68. The minimum atomic E-state index is 0.143. The Hall–Kier alpha value is -2.89. The van der Waals surface area contributed by atoms with E-state index < -0.39 is 0 Å². The van der Waals surface area contributed by atoms with Crippen LogP contribution in [-0.4, -0.2) is 43.6 Å². The van der Waals surface area contributed by atoms with Gasteiger partial charge in [-0.1, -0.05) is 29.8 Å². The number of aromatic amines is 1. The predicted octanol–water partition coefficient (Wildman–Crippen LogP) is 2.99. The standard InChI is InChI=1S/C20H23N5O/c1-15-4-6-16(7-5-15)18-11-22-23-20(18)17-3-2-9-25(12-17)19(26)13-24-10-8-21-14-24/h4-8,10-11,14,17H,2-3,9,12-13H2,1H3,(H,22,23)/t17-/m0/s1. The van der Waals surface area contributed by atoms with E-state index >= 15 is 0 Å². The molecule has 1 N–H and O–H groups in total. The molecule has 6 heteroatoms. The first-order valence-corrected chi connectivity index (χ1v) is 9.04. The van der Waals surface area contributed by atoms with Crippen LogP contribution in [0.1, 0.15) is 30.0 Å². The van der Waals surface area contributed by atoms with E-state index in [0.29, 0.717) is 6.54 Å². The Bertz CT molecular complexity index is 866. The number of nitrogens with zero attached hydrogens (tertiary/aromatic N) is 4. The van der Waals surface area contributed by atoms with Crippen LogP contribution in [0.5, 0.6) is 0 Å². The molecule has 3 aromatic rings. The van der Waals surface area contributed by atoms with Gasteiger partial charge in [0, 0.05) is 42.7 Å². The van der Waals surface area contributed by atoms with Crippen LogP contribution >= 0.6 is 0 Å². The molecule has 1 amide bonds. The quantitative estimate of drug-likeness (QED) is 0.787. The largest absolute Gasteiger partial charge is 0.340 e. The van der Waals surface area contributed by atoms with Gasteiger partial charge in [-0.15, -0.1) is 0 Å². The van der Waals surface area contributed by atoms with Crippen LogP contribution < -0.4 is 0 Å². The molecule has 134 valence electrons. The van der Waals surface area contributed by atoms with Crippen molar-refractivity contribution in [3.05, 3.63) is 60.4 Å². The Balaban J connectivity index is 1.51. The average Bonchev–Trinajstić information content (AvgIpc) is 3.34. The molecule has 1 atom stereocenters. The zero-order valence-corrected chi connectivity index (χ0v) is 14.9. The summed E-state index contributed by atoms with van der Waals surface area (Å²) in [6, 6.07) is 8.50. The van der Waals surface area contributed by atoms with Crippen LogP contribution in [0.3, 0.4) is 0 Å². The van der Waals surface area contributed by atoms with Gasteiger partial charge in [-0.2, -0.15) is 5.10 Å². The lowest BCUT2D eigenvalue weighted by molar-refractivity contribution is -0.133. The fourth-order valence-electron chi connectivity index (χ4n) is 3.65. The van der Waals surface area contributed by atoms with Gasteiger partial charge in [-0.05, 0) is 25.3 Å². The lowest BCUT2D eigenvalue weighted by Crippen LogP contribution is -2.40. The van der Waals surface area contributed by atoms with Gasteiger partial charge in [0.05, 0.1) is 12.5 Å². The maximum absolute atomic E-state index is 12.6. The lowest BCUT2D eigenvalue weighted by atomic mass is 9.90. The predicted molar refractivity (Wildman–Crippen MR) is 99.5 cm³/mol. The van der Waals surface area contributed by atoms with Gasteiger partial charge in [0.25, 0.3) is 0 Å². The Morgan fingerprint density at radius 1 is 1.31 bits per heavy atom. The van der Waals surface area contributed by atoms with Crippen molar-refractivity contribution in [1.82, 2.24) is 24.6 Å². The van der Waals surface area contributed by atoms with Gasteiger partial charge < -0.3 is 9.47 Å². The molecule has 0 radical (unpaired) electrons.